The van der Waals surface area contributed by atoms with Gasteiger partial charge in [-0.2, -0.15) is 0 Å². The normalized spacial score (nSPS) is 26.6. The number of fused-ring (bicyclic) bond motifs is 3. The second-order valence-electron chi connectivity index (χ2n) is 10.4. The van der Waals surface area contributed by atoms with Gasteiger partial charge in [0.25, 0.3) is 0 Å². The van der Waals surface area contributed by atoms with E-state index in [4.69, 9.17) is 4.74 Å². The van der Waals surface area contributed by atoms with Crippen LogP contribution in [0.5, 0.6) is 5.75 Å². The summed E-state index contributed by atoms with van der Waals surface area (Å²) in [5.41, 5.74) is 4.80. The summed E-state index contributed by atoms with van der Waals surface area (Å²) < 4.78 is 6.33. The van der Waals surface area contributed by atoms with E-state index in [2.05, 4.69) is 26.8 Å². The third kappa shape index (κ3) is 4.62. The van der Waals surface area contributed by atoms with E-state index >= 15 is 0 Å². The summed E-state index contributed by atoms with van der Waals surface area (Å²) in [5.74, 6) is -0.0212. The van der Waals surface area contributed by atoms with Crippen LogP contribution in [0.2, 0.25) is 0 Å². The van der Waals surface area contributed by atoms with Crippen LogP contribution in [0.15, 0.2) is 58.5 Å². The number of hydrogen-bond donors (Lipinski definition) is 1. The number of phenols is 1. The van der Waals surface area contributed by atoms with Crippen molar-refractivity contribution in [2.24, 2.45) is 23.7 Å². The Kier molecular flexibility index (Phi) is 6.69. The van der Waals surface area contributed by atoms with Crippen LogP contribution >= 0.6 is 11.3 Å². The molecule has 5 rings (SSSR count). The van der Waals surface area contributed by atoms with Crippen LogP contribution in [0.3, 0.4) is 0 Å². The minimum absolute atomic E-state index is 0.00343. The van der Waals surface area contributed by atoms with Crippen LogP contribution in [0.25, 0.3) is 6.08 Å². The number of hydrogen-bond acceptors (Lipinski definition) is 5. The lowest BCUT2D eigenvalue weighted by Gasteiger charge is -2.33. The lowest BCUT2D eigenvalue weighted by atomic mass is 9.67. The maximum Gasteiger partial charge on any atom is 0.234 e. The van der Waals surface area contributed by atoms with Gasteiger partial charge in [0, 0.05) is 10.8 Å². The van der Waals surface area contributed by atoms with Crippen molar-refractivity contribution in [2.75, 3.05) is 6.61 Å². The van der Waals surface area contributed by atoms with Gasteiger partial charge in [-0.1, -0.05) is 49.3 Å². The molecule has 2 saturated heterocycles. The van der Waals surface area contributed by atoms with Crippen LogP contribution < -0.4 is 0 Å². The number of nitrogens with zero attached hydrogens (tertiary/aromatic N) is 1. The van der Waals surface area contributed by atoms with E-state index in [9.17, 15) is 14.7 Å². The molecule has 35 heavy (non-hydrogen) atoms. The molecule has 2 fully saturated rings. The molecule has 6 heteroatoms. The monoisotopic (exact) mass is 491 g/mol. The predicted molar refractivity (Wildman–Crippen MR) is 138 cm³/mol. The van der Waals surface area contributed by atoms with Gasteiger partial charge in [-0.15, -0.1) is 11.3 Å². The minimum Gasteiger partial charge on any atom is -0.508 e. The van der Waals surface area contributed by atoms with Crippen molar-refractivity contribution in [1.82, 2.24) is 4.90 Å². The van der Waals surface area contributed by atoms with E-state index < -0.39 is 0 Å². The Bertz CT molecular complexity index is 1180. The molecule has 1 aliphatic carbocycles. The van der Waals surface area contributed by atoms with Crippen LogP contribution in [-0.2, 0) is 20.9 Å². The number of allylic oxidation sites excluding steroid dienone is 2. The summed E-state index contributed by atoms with van der Waals surface area (Å²) in [5, 5.41) is 11.7. The van der Waals surface area contributed by atoms with Crippen LogP contribution in [0.4, 0.5) is 0 Å². The molecule has 3 heterocycles. The van der Waals surface area contributed by atoms with Gasteiger partial charge in [0.05, 0.1) is 31.1 Å². The maximum atomic E-state index is 13.5. The number of likely N-dealkylation sites (tertiary alicyclic amines) is 1. The van der Waals surface area contributed by atoms with Crippen molar-refractivity contribution in [3.8, 4) is 5.75 Å². The number of phenolic OH excluding ortho intramolecular Hbond substituents is 1. The van der Waals surface area contributed by atoms with Crippen molar-refractivity contribution >= 4 is 29.2 Å². The standard InChI is InChI=1S/C29H33NO4S/c1-17(2)22-14-23-27(29(33)30(28(23)32)15-21-8-5-11-35-21)24-16-34-25(26(22)24)10-9-18(3)12-19-6-4-7-20(31)13-19/h4-8,11-13,17,23-25,27,31H,9-10,14-16H2,1-3H3/b18-12+/t23-,24+,25-,27-/m1/s1. The quantitative estimate of drug-likeness (QED) is 0.392. The highest BCUT2D eigenvalue weighted by Gasteiger charge is 2.57. The molecule has 1 aromatic heterocycles. The van der Waals surface area contributed by atoms with Crippen LogP contribution in [-0.4, -0.2) is 34.5 Å². The summed E-state index contributed by atoms with van der Waals surface area (Å²) >= 11 is 1.58. The van der Waals surface area contributed by atoms with Crippen molar-refractivity contribution in [3.05, 3.63) is 68.9 Å². The zero-order chi connectivity index (χ0) is 24.7. The summed E-state index contributed by atoms with van der Waals surface area (Å²) in [6, 6.07) is 11.2. The molecule has 3 aliphatic rings. The van der Waals surface area contributed by atoms with Crippen molar-refractivity contribution in [1.29, 1.82) is 0 Å². The Hall–Kier alpha value is -2.70. The summed E-state index contributed by atoms with van der Waals surface area (Å²) in [6.07, 6.45) is 4.47. The maximum absolute atomic E-state index is 13.5. The van der Waals surface area contributed by atoms with Gasteiger partial charge in [0.2, 0.25) is 11.8 Å². The molecule has 2 aliphatic heterocycles. The Labute approximate surface area is 211 Å². The van der Waals surface area contributed by atoms with Gasteiger partial charge in [-0.3, -0.25) is 14.5 Å². The number of thiophene rings is 1. The largest absolute Gasteiger partial charge is 0.508 e. The molecule has 4 atom stereocenters. The second kappa shape index (κ2) is 9.75. The Morgan fingerprint density at radius 2 is 2.03 bits per heavy atom. The first kappa shape index (κ1) is 24.0. The van der Waals surface area contributed by atoms with Gasteiger partial charge in [0.1, 0.15) is 5.75 Å². The molecule has 0 radical (unpaired) electrons. The number of ether oxygens (including phenoxy) is 1. The molecule has 184 valence electrons. The van der Waals surface area contributed by atoms with Gasteiger partial charge in [-0.05, 0) is 66.8 Å². The molecule has 0 saturated carbocycles. The number of carbonyl (C=O) groups is 2. The number of aromatic hydroxyl groups is 1. The average molecular weight is 492 g/mol. The molecule has 2 aromatic rings. The first-order chi connectivity index (χ1) is 16.8. The van der Waals surface area contributed by atoms with Crippen molar-refractivity contribution in [2.45, 2.75) is 52.7 Å². The SMILES string of the molecule is C/C(=C\c1cccc(O)c1)CC[C@H]1OC[C@H]2C1=C(C(C)C)C[C@H]1C(=O)N(Cc3cccs3)C(=O)[C@H]12. The Morgan fingerprint density at radius 1 is 1.20 bits per heavy atom. The van der Waals surface area contributed by atoms with Crippen LogP contribution in [0.1, 0.15) is 50.5 Å². The zero-order valence-electron chi connectivity index (χ0n) is 20.6. The Balaban J connectivity index is 1.35. The fraction of sp³-hybridized carbons (Fsp3) is 0.448. The average Bonchev–Trinajstić information content (AvgIpc) is 3.53. The van der Waals surface area contributed by atoms with E-state index in [1.165, 1.54) is 21.6 Å². The molecule has 0 bridgehead atoms. The van der Waals surface area contributed by atoms with Crippen molar-refractivity contribution < 1.29 is 19.4 Å². The topological polar surface area (TPSA) is 66.8 Å². The molecule has 0 unspecified atom stereocenters. The summed E-state index contributed by atoms with van der Waals surface area (Å²) in [6.45, 7) is 7.37. The van der Waals surface area contributed by atoms with E-state index in [0.717, 1.165) is 23.3 Å². The molecule has 0 spiro atoms. The predicted octanol–water partition coefficient (Wildman–Crippen LogP) is 5.81. The first-order valence-electron chi connectivity index (χ1n) is 12.5. The Morgan fingerprint density at radius 3 is 2.74 bits per heavy atom. The highest BCUT2D eigenvalue weighted by molar-refractivity contribution is 7.09. The molecular formula is C29H33NO4S. The molecular weight excluding hydrogens is 458 g/mol. The van der Waals surface area contributed by atoms with E-state index in [-0.39, 0.29) is 41.4 Å². The molecule has 2 amide bonds. The van der Waals surface area contributed by atoms with Gasteiger partial charge in [-0.25, -0.2) is 0 Å². The number of rotatable bonds is 7. The smallest absolute Gasteiger partial charge is 0.234 e. The van der Waals surface area contributed by atoms with Crippen molar-refractivity contribution in [3.63, 3.8) is 0 Å². The molecule has 5 nitrogen and oxygen atoms in total. The first-order valence-corrected chi connectivity index (χ1v) is 13.4. The van der Waals surface area contributed by atoms with E-state index in [1.807, 2.05) is 29.6 Å². The molecule has 1 N–H and O–H groups in total. The third-order valence-electron chi connectivity index (χ3n) is 7.71. The fourth-order valence-electron chi connectivity index (χ4n) is 6.07. The van der Waals surface area contributed by atoms with Crippen LogP contribution in [0, 0.1) is 23.7 Å². The highest BCUT2D eigenvalue weighted by atomic mass is 32.1. The summed E-state index contributed by atoms with van der Waals surface area (Å²) in [7, 11) is 0. The molecule has 1 aromatic carbocycles. The zero-order valence-corrected chi connectivity index (χ0v) is 21.4. The third-order valence-corrected chi connectivity index (χ3v) is 8.57. The second-order valence-corrected chi connectivity index (χ2v) is 11.4. The number of carbonyl (C=O) groups excluding carboxylic acids is 2. The summed E-state index contributed by atoms with van der Waals surface area (Å²) in [4.78, 5) is 29.4. The van der Waals surface area contributed by atoms with E-state index in [0.29, 0.717) is 25.5 Å². The van der Waals surface area contributed by atoms with E-state index in [1.54, 1.807) is 23.5 Å². The number of benzene rings is 1. The van der Waals surface area contributed by atoms with Gasteiger partial charge >= 0.3 is 0 Å². The highest BCUT2D eigenvalue weighted by Crippen LogP contribution is 2.51. The number of imide groups is 1. The minimum atomic E-state index is -0.297. The van der Waals surface area contributed by atoms with Gasteiger partial charge in [0.15, 0.2) is 0 Å². The van der Waals surface area contributed by atoms with Gasteiger partial charge < -0.3 is 9.84 Å². The fourth-order valence-corrected chi connectivity index (χ4v) is 6.76. The lowest BCUT2D eigenvalue weighted by Crippen LogP contribution is -2.35. The lowest BCUT2D eigenvalue weighted by molar-refractivity contribution is -0.140. The number of amides is 2.